The molecule has 1 unspecified atom stereocenters. The van der Waals surface area contributed by atoms with Gasteiger partial charge in [-0.3, -0.25) is 0 Å². The largest absolute Gasteiger partial charge is 0.399 e. The molecule has 0 aliphatic rings. The molecule has 1 atom stereocenters. The van der Waals surface area contributed by atoms with Crippen LogP contribution in [0, 0.1) is 12.8 Å². The lowest BCUT2D eigenvalue weighted by molar-refractivity contribution is 0.483. The second kappa shape index (κ2) is 6.94. The van der Waals surface area contributed by atoms with Gasteiger partial charge in [0.05, 0.1) is 10.6 Å². The van der Waals surface area contributed by atoms with Crippen LogP contribution >= 0.6 is 0 Å². The fraction of sp³-hybridized carbons (Fsp3) is 0.600. The summed E-state index contributed by atoms with van der Waals surface area (Å²) in [6.07, 6.45) is 4.08. The van der Waals surface area contributed by atoms with Gasteiger partial charge in [-0.15, -0.1) is 0 Å². The molecule has 1 aromatic carbocycles. The first-order valence-corrected chi connectivity index (χ1v) is 8.64. The summed E-state index contributed by atoms with van der Waals surface area (Å²) < 4.78 is 25.0. The maximum Gasteiger partial charge on any atom is 0.178 e. The maximum atomic E-state index is 12.5. The first-order chi connectivity index (χ1) is 8.90. The van der Waals surface area contributed by atoms with Crippen molar-refractivity contribution >= 4 is 15.5 Å². The molecule has 4 heteroatoms. The van der Waals surface area contributed by atoms with Crippen LogP contribution in [-0.2, 0) is 9.84 Å². The van der Waals surface area contributed by atoms with Crippen LogP contribution in [0.2, 0.25) is 0 Å². The third-order valence-corrected chi connectivity index (χ3v) is 5.57. The molecule has 0 radical (unpaired) electrons. The number of aryl methyl sites for hydroxylation is 1. The van der Waals surface area contributed by atoms with E-state index in [0.29, 0.717) is 10.6 Å². The van der Waals surface area contributed by atoms with Gasteiger partial charge in [-0.1, -0.05) is 39.2 Å². The van der Waals surface area contributed by atoms with Crippen molar-refractivity contribution in [1.82, 2.24) is 0 Å². The molecule has 0 aliphatic heterocycles. The van der Waals surface area contributed by atoms with E-state index in [1.807, 2.05) is 6.92 Å². The predicted octanol–water partition coefficient (Wildman–Crippen LogP) is 3.57. The number of nitrogen functional groups attached to an aromatic ring is 1. The lowest BCUT2D eigenvalue weighted by Crippen LogP contribution is -2.17. The highest BCUT2D eigenvalue weighted by molar-refractivity contribution is 7.91. The second-order valence-electron chi connectivity index (χ2n) is 5.22. The Labute approximate surface area is 117 Å². The van der Waals surface area contributed by atoms with E-state index < -0.39 is 9.84 Å². The van der Waals surface area contributed by atoms with E-state index in [-0.39, 0.29) is 11.7 Å². The van der Waals surface area contributed by atoms with Crippen LogP contribution in [-0.4, -0.2) is 14.2 Å². The molecule has 0 aromatic heterocycles. The van der Waals surface area contributed by atoms with Crippen molar-refractivity contribution in [1.29, 1.82) is 0 Å². The molecular formula is C15H25NO2S. The van der Waals surface area contributed by atoms with Crippen LogP contribution in [0.25, 0.3) is 0 Å². The van der Waals surface area contributed by atoms with Crippen molar-refractivity contribution in [2.45, 2.75) is 51.3 Å². The molecule has 0 fully saturated rings. The Morgan fingerprint density at radius 3 is 2.53 bits per heavy atom. The highest BCUT2D eigenvalue weighted by Gasteiger charge is 2.21. The molecule has 108 valence electrons. The fourth-order valence-electron chi connectivity index (χ4n) is 2.25. The fourth-order valence-corrected chi connectivity index (χ4v) is 4.33. The molecule has 0 saturated carbocycles. The number of hydrogen-bond donors (Lipinski definition) is 1. The SMILES string of the molecule is CCCCC(CC)CS(=O)(=O)c1cc(N)ccc1C. The first kappa shape index (κ1) is 16.0. The number of benzene rings is 1. The van der Waals surface area contributed by atoms with Gasteiger partial charge in [0.15, 0.2) is 9.84 Å². The van der Waals surface area contributed by atoms with Crippen molar-refractivity contribution in [2.24, 2.45) is 5.92 Å². The number of unbranched alkanes of at least 4 members (excludes halogenated alkanes) is 1. The predicted molar refractivity (Wildman–Crippen MR) is 81.0 cm³/mol. The van der Waals surface area contributed by atoms with E-state index in [1.165, 1.54) is 0 Å². The zero-order chi connectivity index (χ0) is 14.5. The summed E-state index contributed by atoms with van der Waals surface area (Å²) in [4.78, 5) is 0.391. The molecule has 0 amide bonds. The third kappa shape index (κ3) is 4.53. The van der Waals surface area contributed by atoms with Gasteiger partial charge in [0.1, 0.15) is 0 Å². The van der Waals surface area contributed by atoms with Gasteiger partial charge in [-0.25, -0.2) is 8.42 Å². The molecule has 1 aromatic rings. The molecule has 2 N–H and O–H groups in total. The van der Waals surface area contributed by atoms with Gasteiger partial charge < -0.3 is 5.73 Å². The number of anilines is 1. The summed E-state index contributed by atoms with van der Waals surface area (Å²) in [6.45, 7) is 6.00. The van der Waals surface area contributed by atoms with Gasteiger partial charge >= 0.3 is 0 Å². The molecular weight excluding hydrogens is 258 g/mol. The molecule has 1 rings (SSSR count). The number of hydrogen-bond acceptors (Lipinski definition) is 3. The zero-order valence-corrected chi connectivity index (χ0v) is 13.0. The Kier molecular flexibility index (Phi) is 5.85. The van der Waals surface area contributed by atoms with Gasteiger partial charge in [0, 0.05) is 5.69 Å². The lowest BCUT2D eigenvalue weighted by Gasteiger charge is -2.16. The van der Waals surface area contributed by atoms with Crippen molar-refractivity contribution in [3.05, 3.63) is 23.8 Å². The summed E-state index contributed by atoms with van der Waals surface area (Å²) in [5.41, 5.74) is 6.99. The lowest BCUT2D eigenvalue weighted by atomic mass is 10.0. The minimum Gasteiger partial charge on any atom is -0.399 e. The smallest absolute Gasteiger partial charge is 0.178 e. The first-order valence-electron chi connectivity index (χ1n) is 6.99. The molecule has 0 saturated heterocycles. The zero-order valence-electron chi connectivity index (χ0n) is 12.1. The van der Waals surface area contributed by atoms with Gasteiger partial charge in [0.25, 0.3) is 0 Å². The Morgan fingerprint density at radius 1 is 1.26 bits per heavy atom. The topological polar surface area (TPSA) is 60.2 Å². The number of sulfone groups is 1. The Bertz CT molecular complexity index is 509. The molecule has 0 spiro atoms. The Morgan fingerprint density at radius 2 is 1.95 bits per heavy atom. The highest BCUT2D eigenvalue weighted by Crippen LogP contribution is 2.24. The summed E-state index contributed by atoms with van der Waals surface area (Å²) in [5, 5.41) is 0. The average molecular weight is 283 g/mol. The van der Waals surface area contributed by atoms with Crippen LogP contribution in [0.15, 0.2) is 23.1 Å². The summed E-state index contributed by atoms with van der Waals surface area (Å²) in [5.74, 6) is 0.471. The van der Waals surface area contributed by atoms with Crippen molar-refractivity contribution < 1.29 is 8.42 Å². The summed E-state index contributed by atoms with van der Waals surface area (Å²) in [6, 6.07) is 5.09. The van der Waals surface area contributed by atoms with Gasteiger partial charge in [0.2, 0.25) is 0 Å². The van der Waals surface area contributed by atoms with Crippen molar-refractivity contribution in [3.63, 3.8) is 0 Å². The minimum atomic E-state index is -3.24. The van der Waals surface area contributed by atoms with E-state index >= 15 is 0 Å². The number of rotatable bonds is 7. The number of nitrogens with two attached hydrogens (primary N) is 1. The van der Waals surface area contributed by atoms with E-state index in [4.69, 9.17) is 5.73 Å². The molecule has 0 heterocycles. The van der Waals surface area contributed by atoms with E-state index in [0.717, 1.165) is 31.2 Å². The normalized spacial score (nSPS) is 13.4. The van der Waals surface area contributed by atoms with E-state index in [9.17, 15) is 8.42 Å². The second-order valence-corrected chi connectivity index (χ2v) is 7.23. The molecule has 0 aliphatic carbocycles. The van der Waals surface area contributed by atoms with Crippen molar-refractivity contribution in [2.75, 3.05) is 11.5 Å². The molecule has 0 bridgehead atoms. The highest BCUT2D eigenvalue weighted by atomic mass is 32.2. The van der Waals surface area contributed by atoms with Gasteiger partial charge in [-0.2, -0.15) is 0 Å². The van der Waals surface area contributed by atoms with Crippen LogP contribution in [0.1, 0.15) is 45.1 Å². The van der Waals surface area contributed by atoms with E-state index in [1.54, 1.807) is 18.2 Å². The van der Waals surface area contributed by atoms with Crippen molar-refractivity contribution in [3.8, 4) is 0 Å². The van der Waals surface area contributed by atoms with Crippen LogP contribution in [0.5, 0.6) is 0 Å². The molecule has 3 nitrogen and oxygen atoms in total. The summed E-state index contributed by atoms with van der Waals surface area (Å²) >= 11 is 0. The molecule has 19 heavy (non-hydrogen) atoms. The van der Waals surface area contributed by atoms with Crippen LogP contribution in [0.4, 0.5) is 5.69 Å². The standard InChI is InChI=1S/C15H25NO2S/c1-4-6-7-13(5-2)11-19(17,18)15-10-14(16)9-8-12(15)3/h8-10,13H,4-7,11,16H2,1-3H3. The summed E-state index contributed by atoms with van der Waals surface area (Å²) in [7, 11) is -3.24. The van der Waals surface area contributed by atoms with Gasteiger partial charge in [-0.05, 0) is 37.0 Å². The van der Waals surface area contributed by atoms with Crippen LogP contribution < -0.4 is 5.73 Å². The maximum absolute atomic E-state index is 12.5. The minimum absolute atomic E-state index is 0.230. The Hall–Kier alpha value is -1.03. The van der Waals surface area contributed by atoms with E-state index in [2.05, 4.69) is 13.8 Å². The third-order valence-electron chi connectivity index (χ3n) is 3.55. The Balaban J connectivity index is 2.93. The monoisotopic (exact) mass is 283 g/mol. The average Bonchev–Trinajstić information content (AvgIpc) is 2.37. The van der Waals surface area contributed by atoms with Crippen LogP contribution in [0.3, 0.4) is 0 Å². The quantitative estimate of drug-likeness (QED) is 0.778.